The Hall–Kier alpha value is -2.47. The molecular weight excluding hydrogens is 410 g/mol. The number of sulfone groups is 1. The molecule has 7 N–H and O–H groups in total. The number of aliphatic imine (C=N–C) groups is 1. The molecule has 30 heavy (non-hydrogen) atoms. The first kappa shape index (κ1) is 23.8. The van der Waals surface area contributed by atoms with E-state index < -0.39 is 33.4 Å². The predicted molar refractivity (Wildman–Crippen MR) is 115 cm³/mol. The summed E-state index contributed by atoms with van der Waals surface area (Å²) < 4.78 is 24.2. The largest absolute Gasteiger partial charge is 0.395 e. The molecule has 10 nitrogen and oxygen atoms in total. The molecule has 2 aliphatic rings. The minimum atomic E-state index is -3.53. The van der Waals surface area contributed by atoms with Gasteiger partial charge in [-0.2, -0.15) is 0 Å². The summed E-state index contributed by atoms with van der Waals surface area (Å²) in [5, 5.41) is 26.0. The lowest BCUT2D eigenvalue weighted by molar-refractivity contribution is 0.237. The molecule has 1 aliphatic carbocycles. The fourth-order valence-corrected chi connectivity index (χ4v) is 4.81. The van der Waals surface area contributed by atoms with E-state index in [9.17, 15) is 13.2 Å². The second kappa shape index (κ2) is 10.0. The van der Waals surface area contributed by atoms with Crippen LogP contribution in [0.2, 0.25) is 0 Å². The minimum absolute atomic E-state index is 0.125. The van der Waals surface area contributed by atoms with E-state index in [-0.39, 0.29) is 18.9 Å². The van der Waals surface area contributed by atoms with Gasteiger partial charge in [-0.25, -0.2) is 18.2 Å². The van der Waals surface area contributed by atoms with Crippen LogP contribution >= 0.6 is 0 Å². The van der Waals surface area contributed by atoms with Crippen LogP contribution < -0.4 is 21.7 Å². The first-order valence-corrected chi connectivity index (χ1v) is 11.2. The highest BCUT2D eigenvalue weighted by Gasteiger charge is 2.57. The quantitative estimate of drug-likeness (QED) is 0.247. The van der Waals surface area contributed by atoms with Gasteiger partial charge in [-0.3, -0.25) is 0 Å². The van der Waals surface area contributed by atoms with Gasteiger partial charge in [0.25, 0.3) is 0 Å². The van der Waals surface area contributed by atoms with E-state index in [0.29, 0.717) is 35.6 Å². The predicted octanol–water partition coefficient (Wildman–Crippen LogP) is -0.596. The van der Waals surface area contributed by atoms with Crippen LogP contribution in [0.3, 0.4) is 0 Å². The highest BCUT2D eigenvalue weighted by molar-refractivity contribution is 7.93. The smallest absolute Gasteiger partial charge is 0.319 e. The van der Waals surface area contributed by atoms with Crippen LogP contribution in [0.15, 0.2) is 52.8 Å². The number of urea groups is 1. The SMILES string of the molecule is C=C/C(=C\C=C(/C)C1=N[C@H](N)C=C(C2(S(=O)(=O)CCO)CC2)N1)NC(=O)NCCO. The summed E-state index contributed by atoms with van der Waals surface area (Å²) in [6, 6.07) is -0.480. The highest BCUT2D eigenvalue weighted by atomic mass is 32.2. The number of nitrogens with two attached hydrogens (primary N) is 1. The van der Waals surface area contributed by atoms with Crippen LogP contribution in [0.4, 0.5) is 4.79 Å². The van der Waals surface area contributed by atoms with Crippen molar-refractivity contribution < 1.29 is 23.4 Å². The first-order valence-electron chi connectivity index (χ1n) is 9.52. The van der Waals surface area contributed by atoms with E-state index in [4.69, 9.17) is 15.9 Å². The monoisotopic (exact) mass is 439 g/mol. The summed E-state index contributed by atoms with van der Waals surface area (Å²) in [7, 11) is -3.53. The number of carbonyl (C=O) groups is 1. The summed E-state index contributed by atoms with van der Waals surface area (Å²) in [6.07, 6.45) is 6.57. The number of allylic oxidation sites excluding steroid dienone is 3. The molecule has 1 atom stereocenters. The lowest BCUT2D eigenvalue weighted by Gasteiger charge is -2.26. The molecule has 1 fully saturated rings. The summed E-state index contributed by atoms with van der Waals surface area (Å²) in [4.78, 5) is 16.0. The van der Waals surface area contributed by atoms with E-state index in [1.165, 1.54) is 6.08 Å². The van der Waals surface area contributed by atoms with Crippen molar-refractivity contribution in [3.8, 4) is 0 Å². The van der Waals surface area contributed by atoms with Crippen molar-refractivity contribution in [1.29, 1.82) is 0 Å². The Labute approximate surface area is 176 Å². The van der Waals surface area contributed by atoms with Crippen molar-refractivity contribution in [2.45, 2.75) is 30.7 Å². The van der Waals surface area contributed by atoms with E-state index in [1.54, 1.807) is 25.2 Å². The van der Waals surface area contributed by atoms with Crippen molar-refractivity contribution in [3.63, 3.8) is 0 Å². The van der Waals surface area contributed by atoms with Gasteiger partial charge in [0, 0.05) is 17.9 Å². The van der Waals surface area contributed by atoms with Gasteiger partial charge < -0.3 is 31.9 Å². The van der Waals surface area contributed by atoms with Crippen LogP contribution in [0.5, 0.6) is 0 Å². The Morgan fingerprint density at radius 2 is 2.10 bits per heavy atom. The van der Waals surface area contributed by atoms with Gasteiger partial charge in [-0.15, -0.1) is 0 Å². The maximum atomic E-state index is 12.6. The van der Waals surface area contributed by atoms with Gasteiger partial charge in [0.15, 0.2) is 9.84 Å². The number of nitrogens with one attached hydrogen (secondary N) is 3. The molecule has 1 saturated carbocycles. The molecule has 0 saturated heterocycles. The second-order valence-corrected chi connectivity index (χ2v) is 9.41. The Morgan fingerprint density at radius 3 is 2.67 bits per heavy atom. The zero-order valence-electron chi connectivity index (χ0n) is 16.9. The lowest BCUT2D eigenvalue weighted by atomic mass is 10.1. The third kappa shape index (κ3) is 5.57. The fraction of sp³-hybridized carbons (Fsp3) is 0.474. The third-order valence-corrected chi connectivity index (χ3v) is 7.32. The zero-order valence-corrected chi connectivity index (χ0v) is 17.7. The molecule has 2 rings (SSSR count). The highest BCUT2D eigenvalue weighted by Crippen LogP contribution is 2.49. The van der Waals surface area contributed by atoms with Crippen molar-refractivity contribution in [1.82, 2.24) is 16.0 Å². The summed E-state index contributed by atoms with van der Waals surface area (Å²) in [5.74, 6) is 0.118. The maximum absolute atomic E-state index is 12.6. The Balaban J connectivity index is 2.16. The van der Waals surface area contributed by atoms with E-state index in [1.807, 2.05) is 0 Å². The van der Waals surface area contributed by atoms with Crippen molar-refractivity contribution in [3.05, 3.63) is 47.9 Å². The molecule has 0 radical (unpaired) electrons. The fourth-order valence-electron chi connectivity index (χ4n) is 3.00. The summed E-state index contributed by atoms with van der Waals surface area (Å²) in [5.41, 5.74) is 7.57. The van der Waals surface area contributed by atoms with Gasteiger partial charge >= 0.3 is 6.03 Å². The number of nitrogens with zero attached hydrogens (tertiary/aromatic N) is 1. The Morgan fingerprint density at radius 1 is 1.40 bits per heavy atom. The normalized spacial score (nSPS) is 21.1. The summed E-state index contributed by atoms with van der Waals surface area (Å²) in [6.45, 7) is 4.93. The third-order valence-electron chi connectivity index (χ3n) is 4.78. The number of aliphatic hydroxyl groups excluding tert-OH is 2. The lowest BCUT2D eigenvalue weighted by Crippen LogP contribution is -2.42. The standard InChI is InChI=1S/C19H29N5O5S/c1-3-14(22-18(27)21-8-9-25)5-4-13(2)17-23-15(12-16(20)24-17)19(6-7-19)30(28,29)11-10-26/h3-5,12,16,25-26H,1,6-11,20H2,2H3,(H,23,24)(H2,21,22,27)/b13-4+,14-5+/t16-/m0/s1. The number of amides is 2. The average molecular weight is 440 g/mol. The molecule has 1 aliphatic heterocycles. The van der Waals surface area contributed by atoms with Gasteiger partial charge in [0.1, 0.15) is 16.7 Å². The van der Waals surface area contributed by atoms with Crippen molar-refractivity contribution in [2.75, 3.05) is 25.5 Å². The Kier molecular flexibility index (Phi) is 7.96. The summed E-state index contributed by atoms with van der Waals surface area (Å²) >= 11 is 0. The van der Waals surface area contributed by atoms with E-state index in [2.05, 4.69) is 27.5 Å². The second-order valence-electron chi connectivity index (χ2n) is 6.99. The average Bonchev–Trinajstić information content (AvgIpc) is 3.51. The van der Waals surface area contributed by atoms with E-state index in [0.717, 1.165) is 0 Å². The minimum Gasteiger partial charge on any atom is -0.395 e. The van der Waals surface area contributed by atoms with Crippen LogP contribution in [0.1, 0.15) is 19.8 Å². The molecule has 1 heterocycles. The van der Waals surface area contributed by atoms with Crippen molar-refractivity contribution >= 4 is 21.7 Å². The molecular formula is C19H29N5O5S. The molecule has 166 valence electrons. The zero-order chi connectivity index (χ0) is 22.4. The van der Waals surface area contributed by atoms with Crippen LogP contribution in [-0.4, -0.2) is 66.9 Å². The number of carbonyl (C=O) groups excluding carboxylic acids is 1. The van der Waals surface area contributed by atoms with Gasteiger partial charge in [0.05, 0.1) is 19.0 Å². The van der Waals surface area contributed by atoms with Gasteiger partial charge in [-0.1, -0.05) is 12.7 Å². The molecule has 0 spiro atoms. The molecule has 0 bridgehead atoms. The molecule has 2 amide bonds. The molecule has 0 aromatic rings. The number of amidine groups is 1. The molecule has 11 heteroatoms. The number of hydrogen-bond donors (Lipinski definition) is 6. The van der Waals surface area contributed by atoms with Crippen molar-refractivity contribution in [2.24, 2.45) is 10.7 Å². The van der Waals surface area contributed by atoms with Crippen LogP contribution in [0.25, 0.3) is 0 Å². The molecule has 0 aromatic heterocycles. The topological polar surface area (TPSA) is 166 Å². The van der Waals surface area contributed by atoms with Gasteiger partial charge in [-0.05, 0) is 43.6 Å². The molecule has 0 aromatic carbocycles. The van der Waals surface area contributed by atoms with E-state index >= 15 is 0 Å². The van der Waals surface area contributed by atoms with Crippen LogP contribution in [-0.2, 0) is 9.84 Å². The van der Waals surface area contributed by atoms with Gasteiger partial charge in [0.2, 0.25) is 0 Å². The Bertz CT molecular complexity index is 900. The number of aliphatic hydroxyl groups is 2. The number of rotatable bonds is 10. The number of hydrogen-bond acceptors (Lipinski definition) is 8. The maximum Gasteiger partial charge on any atom is 0.319 e. The first-order chi connectivity index (χ1) is 14.2. The molecule has 0 unspecified atom stereocenters. The van der Waals surface area contributed by atoms with Crippen LogP contribution in [0, 0.1) is 0 Å².